The third kappa shape index (κ3) is 14.5. The normalized spacial score (nSPS) is 11.8. The molecular weight excluding hydrogens is 1550 g/mol. The average molecular weight is 1620 g/mol. The van der Waals surface area contributed by atoms with E-state index in [0.29, 0.717) is 44.5 Å². The zero-order valence-corrected chi connectivity index (χ0v) is 65.7. The van der Waals surface area contributed by atoms with Crippen molar-refractivity contribution < 1.29 is 73.1 Å². The van der Waals surface area contributed by atoms with Gasteiger partial charge in [-0.15, -0.1) is 0 Å². The second-order valence-electron chi connectivity index (χ2n) is 31.0. The molecule has 602 valence electrons. The Balaban J connectivity index is 1.19. The fourth-order valence-corrected chi connectivity index (χ4v) is 15.9. The molecule has 0 aliphatic rings. The molecule has 8 nitrogen and oxygen atoms in total. The van der Waals surface area contributed by atoms with Crippen LogP contribution in [0.25, 0.3) is 76.8 Å². The zero-order valence-electron chi connectivity index (χ0n) is 65.7. The summed E-state index contributed by atoms with van der Waals surface area (Å²) in [6.07, 6.45) is 0. The Hall–Kier alpha value is -13.9. The molecule has 0 amide bonds. The summed E-state index contributed by atoms with van der Waals surface area (Å²) < 4.78 is 200. The van der Waals surface area contributed by atoms with Gasteiger partial charge >= 0.3 is 0 Å². The van der Waals surface area contributed by atoms with Crippen molar-refractivity contribution >= 4 is 101 Å². The topological polar surface area (TPSA) is 93.9 Å². The van der Waals surface area contributed by atoms with E-state index in [1.165, 1.54) is 68.1 Å². The molecule has 0 spiro atoms. The summed E-state index contributed by atoms with van der Waals surface area (Å²) in [5, 5.41) is 44.3. The van der Waals surface area contributed by atoms with Gasteiger partial charge in [0, 0.05) is 103 Å². The van der Waals surface area contributed by atoms with Crippen molar-refractivity contribution in [1.29, 1.82) is 0 Å². The molecule has 0 bridgehead atoms. The van der Waals surface area contributed by atoms with Gasteiger partial charge in [0.1, 0.15) is 23.0 Å². The molecule has 16 aromatic carbocycles. The van der Waals surface area contributed by atoms with E-state index in [4.69, 9.17) is 0 Å². The van der Waals surface area contributed by atoms with E-state index in [1.54, 1.807) is 133 Å². The second-order valence-corrected chi connectivity index (χ2v) is 31.0. The molecule has 0 radical (unpaired) electrons. The first kappa shape index (κ1) is 79.9. The van der Waals surface area contributed by atoms with Gasteiger partial charge in [-0.05, 0) is 177 Å². The fraction of sp³-hybridized carbons (Fsp3) is 0.120. The van der Waals surface area contributed by atoms with Gasteiger partial charge in [0.25, 0.3) is 0 Å². The van der Waals surface area contributed by atoms with E-state index in [2.05, 4.69) is 0 Å². The summed E-state index contributed by atoms with van der Waals surface area (Å²) >= 11 is 0. The van der Waals surface area contributed by atoms with Crippen LogP contribution in [-0.4, -0.2) is 20.4 Å². The standard InChI is InChI=1S/C100H74F12N4O4/c1-51(2)59-17-33-87(75(37-59)55-9-21-67(117)22-10-55)113(63-41-79(101)97(109)80(102)42-63)91-49-92(114(64-43-81(103)98(110)82(104)44-64)88-34-18-60(52(3)4)38-76(88)56-11-23-68(118)24-12-56)72-31-32-74-94(116(66-47-85(107)100(112)86(108)48-66)90-36-20-62(54(7)8)40-78(90)58-15-27-70(120)28-16-58)50-93(73-30-29-71(91)95(72)96(73)74)115(65-45-83(105)99(111)84(106)46-65)89-35-19-61(53(5)6)39-77(89)57-13-25-69(119)26-14-57/h9-54,117-120H,1-8H3. The molecule has 0 atom stereocenters. The maximum atomic E-state index is 17.0. The van der Waals surface area contributed by atoms with Gasteiger partial charge < -0.3 is 40.0 Å². The summed E-state index contributed by atoms with van der Waals surface area (Å²) in [7, 11) is 0. The first-order valence-electron chi connectivity index (χ1n) is 38.7. The SMILES string of the molecule is CC(C)c1ccc(N(c2cc(F)c(F)c(F)c2)c2cc(N(c3cc(F)c(F)c(F)c3)c3ccc(C(C)C)cc3-c3ccc(O)cc3)c3ccc4c(N(c5cc(F)c(F)c(F)c5)c5ccc(C(C)C)cc5-c5ccc(O)cc5)cc(N(c5cc(F)c(F)c(F)c5)c5ccc(C(C)C)cc5-c5ccc(O)cc5)c5ccc2c3c54)c(-c2ccc(O)cc2)c1. The molecule has 4 N–H and O–H groups in total. The molecule has 0 unspecified atom stereocenters. The van der Waals surface area contributed by atoms with Crippen LogP contribution in [0.1, 0.15) is 101 Å². The highest BCUT2D eigenvalue weighted by molar-refractivity contribution is 6.33. The molecule has 0 fully saturated rings. The van der Waals surface area contributed by atoms with Crippen LogP contribution in [0.2, 0.25) is 0 Å². The van der Waals surface area contributed by atoms with Crippen molar-refractivity contribution in [2.45, 2.75) is 79.1 Å². The fourth-order valence-electron chi connectivity index (χ4n) is 15.9. The predicted octanol–water partition coefficient (Wildman–Crippen LogP) is 30.1. The molecular formula is C100H74F12N4O4. The average Bonchev–Trinajstić information content (AvgIpc) is 0.695. The number of hydrogen-bond donors (Lipinski definition) is 4. The number of phenols is 4. The van der Waals surface area contributed by atoms with Gasteiger partial charge in [-0.2, -0.15) is 0 Å². The van der Waals surface area contributed by atoms with Crippen molar-refractivity contribution in [3.05, 3.63) is 347 Å². The number of hydrogen-bond acceptors (Lipinski definition) is 8. The molecule has 0 saturated carbocycles. The van der Waals surface area contributed by atoms with Crippen LogP contribution >= 0.6 is 0 Å². The molecule has 0 heterocycles. The van der Waals surface area contributed by atoms with E-state index >= 15 is 52.7 Å². The van der Waals surface area contributed by atoms with Crippen molar-refractivity contribution in [2.24, 2.45) is 0 Å². The van der Waals surface area contributed by atoms with Gasteiger partial charge in [-0.25, -0.2) is 52.7 Å². The molecule has 0 aliphatic carbocycles. The first-order chi connectivity index (χ1) is 57.4. The van der Waals surface area contributed by atoms with E-state index < -0.39 is 69.8 Å². The maximum Gasteiger partial charge on any atom is 0.194 e. The smallest absolute Gasteiger partial charge is 0.194 e. The van der Waals surface area contributed by atoms with Crippen LogP contribution in [0.15, 0.2) is 255 Å². The lowest BCUT2D eigenvalue weighted by molar-refractivity contribution is 0.447. The molecule has 16 aromatic rings. The first-order valence-corrected chi connectivity index (χ1v) is 38.7. The van der Waals surface area contributed by atoms with Crippen LogP contribution < -0.4 is 19.6 Å². The number of benzene rings is 16. The third-order valence-corrected chi connectivity index (χ3v) is 22.1. The third-order valence-electron chi connectivity index (χ3n) is 22.1. The Bertz CT molecular complexity index is 5830. The van der Waals surface area contributed by atoms with Gasteiger partial charge in [0.05, 0.1) is 68.2 Å². The second kappa shape index (κ2) is 31.5. The van der Waals surface area contributed by atoms with Gasteiger partial charge in [0.2, 0.25) is 0 Å². The van der Waals surface area contributed by atoms with Crippen LogP contribution in [0.4, 0.5) is 121 Å². The largest absolute Gasteiger partial charge is 0.508 e. The number of rotatable bonds is 20. The molecule has 0 aromatic heterocycles. The van der Waals surface area contributed by atoms with E-state index in [9.17, 15) is 20.4 Å². The minimum absolute atomic E-state index is 0.0588. The summed E-state index contributed by atoms with van der Waals surface area (Å²) in [6, 6.07) is 61.1. The zero-order chi connectivity index (χ0) is 84.9. The van der Waals surface area contributed by atoms with Crippen molar-refractivity contribution in [1.82, 2.24) is 0 Å². The Morgan fingerprint density at radius 3 is 0.542 bits per heavy atom. The van der Waals surface area contributed by atoms with Crippen LogP contribution in [0.5, 0.6) is 23.0 Å². The van der Waals surface area contributed by atoms with Crippen molar-refractivity contribution in [2.75, 3.05) is 19.6 Å². The highest BCUT2D eigenvalue weighted by atomic mass is 19.2. The summed E-state index contributed by atoms with van der Waals surface area (Å²) in [6.45, 7) is 15.5. The number of phenolic OH excluding ortho intramolecular Hbond substituents is 4. The van der Waals surface area contributed by atoms with Crippen molar-refractivity contribution in [3.8, 4) is 67.5 Å². The lowest BCUT2D eigenvalue weighted by Gasteiger charge is -2.36. The molecule has 20 heteroatoms. The van der Waals surface area contributed by atoms with Crippen LogP contribution in [-0.2, 0) is 0 Å². The van der Waals surface area contributed by atoms with Gasteiger partial charge in [-0.3, -0.25) is 0 Å². The molecule has 16 rings (SSSR count). The van der Waals surface area contributed by atoms with Gasteiger partial charge in [0.15, 0.2) is 69.8 Å². The number of aromatic hydroxyl groups is 4. The summed E-state index contributed by atoms with van der Waals surface area (Å²) in [4.78, 5) is 5.76. The lowest BCUT2D eigenvalue weighted by atomic mass is 9.88. The lowest BCUT2D eigenvalue weighted by Crippen LogP contribution is -2.18. The van der Waals surface area contributed by atoms with Crippen LogP contribution in [0.3, 0.4) is 0 Å². The Labute approximate surface area is 683 Å². The molecule has 0 saturated heterocycles. The minimum Gasteiger partial charge on any atom is -0.508 e. The number of halogens is 12. The Morgan fingerprint density at radius 1 is 0.200 bits per heavy atom. The summed E-state index contributed by atoms with van der Waals surface area (Å²) in [5.41, 5.74) is 4.86. The van der Waals surface area contributed by atoms with E-state index in [0.717, 1.165) is 70.8 Å². The van der Waals surface area contributed by atoms with Crippen LogP contribution in [0, 0.1) is 69.8 Å². The van der Waals surface area contributed by atoms with E-state index in [-0.39, 0.29) is 147 Å². The van der Waals surface area contributed by atoms with Gasteiger partial charge in [-0.1, -0.05) is 152 Å². The molecule has 0 aliphatic heterocycles. The predicted molar refractivity (Wildman–Crippen MR) is 453 cm³/mol. The van der Waals surface area contributed by atoms with Crippen molar-refractivity contribution in [3.63, 3.8) is 0 Å². The highest BCUT2D eigenvalue weighted by Gasteiger charge is 2.35. The maximum absolute atomic E-state index is 17.0. The number of anilines is 12. The monoisotopic (exact) mass is 1620 g/mol. The Kier molecular flexibility index (Phi) is 21.0. The summed E-state index contributed by atoms with van der Waals surface area (Å²) in [5.74, 6) is -21.9. The molecule has 120 heavy (non-hydrogen) atoms. The highest BCUT2D eigenvalue weighted by Crippen LogP contribution is 2.59. The quantitative estimate of drug-likeness (QED) is 0.0341. The Morgan fingerprint density at radius 2 is 0.375 bits per heavy atom. The number of nitrogens with zero attached hydrogens (tertiary/aromatic N) is 4. The minimum atomic E-state index is -1.85. The van der Waals surface area contributed by atoms with E-state index in [1.807, 2.05) is 79.7 Å².